The smallest absolute Gasteiger partial charge is 0.271 e. The maximum Gasteiger partial charge on any atom is 0.271 e. The zero-order chi connectivity index (χ0) is 16.9. The van der Waals surface area contributed by atoms with Crippen molar-refractivity contribution in [2.45, 2.75) is 26.3 Å². The maximum absolute atomic E-state index is 12.0. The fraction of sp³-hybridized carbons (Fsp3) is 0.286. The predicted octanol–water partition coefficient (Wildman–Crippen LogP) is 2.98. The summed E-state index contributed by atoms with van der Waals surface area (Å²) in [6.07, 6.45) is 1.29. The first-order valence-electron chi connectivity index (χ1n) is 6.27. The second-order valence-electron chi connectivity index (χ2n) is 5.44. The first-order chi connectivity index (χ1) is 10.1. The topological polar surface area (TPSA) is 108 Å². The van der Waals surface area contributed by atoms with Crippen LogP contribution >= 0.6 is 11.6 Å². The summed E-state index contributed by atoms with van der Waals surface area (Å²) in [7, 11) is 0. The number of hydrogen-bond donors (Lipinski definition) is 2. The Morgan fingerprint density at radius 3 is 2.59 bits per heavy atom. The zero-order valence-corrected chi connectivity index (χ0v) is 13.1. The van der Waals surface area contributed by atoms with Crippen LogP contribution < -0.4 is 10.6 Å². The highest BCUT2D eigenvalue weighted by molar-refractivity contribution is 6.34. The van der Waals surface area contributed by atoms with Crippen LogP contribution in [-0.4, -0.2) is 16.4 Å². The first kappa shape index (κ1) is 17.5. The standard InChI is InChI=1S/C14H15ClN4O3/c1-14(2,3)17-8-9(7-16)13(20)18-12-6-10(19(21)22)4-5-11(12)15/h4-6,8,17H,1-3H3,(H,18,20)/b9-8-. The molecule has 2 N–H and O–H groups in total. The first-order valence-corrected chi connectivity index (χ1v) is 6.65. The van der Waals surface area contributed by atoms with Crippen molar-refractivity contribution in [3.8, 4) is 6.07 Å². The third-order valence-corrected chi connectivity index (χ3v) is 2.75. The molecule has 0 atom stereocenters. The average Bonchev–Trinajstić information content (AvgIpc) is 2.40. The van der Waals surface area contributed by atoms with Gasteiger partial charge in [0, 0.05) is 23.9 Å². The Morgan fingerprint density at radius 1 is 1.45 bits per heavy atom. The lowest BCUT2D eigenvalue weighted by Gasteiger charge is -2.18. The van der Waals surface area contributed by atoms with Crippen LogP contribution in [0.3, 0.4) is 0 Å². The van der Waals surface area contributed by atoms with Gasteiger partial charge in [0.1, 0.15) is 11.6 Å². The number of rotatable bonds is 4. The fourth-order valence-electron chi connectivity index (χ4n) is 1.35. The SMILES string of the molecule is CC(C)(C)N/C=C(/C#N)C(=O)Nc1cc([N+](=O)[O-])ccc1Cl. The molecule has 0 radical (unpaired) electrons. The molecule has 0 aliphatic rings. The Balaban J connectivity index is 2.99. The third-order valence-electron chi connectivity index (χ3n) is 2.42. The van der Waals surface area contributed by atoms with E-state index in [4.69, 9.17) is 16.9 Å². The molecule has 0 aliphatic carbocycles. The molecule has 1 aromatic carbocycles. The summed E-state index contributed by atoms with van der Waals surface area (Å²) < 4.78 is 0. The summed E-state index contributed by atoms with van der Waals surface area (Å²) in [5.74, 6) is -0.707. The molecule has 0 aliphatic heterocycles. The molecule has 7 nitrogen and oxygen atoms in total. The Hall–Kier alpha value is -2.59. The molecule has 0 saturated carbocycles. The number of amides is 1. The van der Waals surface area contributed by atoms with Crippen molar-refractivity contribution in [2.75, 3.05) is 5.32 Å². The summed E-state index contributed by atoms with van der Waals surface area (Å²) in [6, 6.07) is 5.42. The van der Waals surface area contributed by atoms with Crippen molar-refractivity contribution in [2.24, 2.45) is 0 Å². The number of carbonyl (C=O) groups excluding carboxylic acids is 1. The van der Waals surface area contributed by atoms with Crippen LogP contribution in [-0.2, 0) is 4.79 Å². The van der Waals surface area contributed by atoms with Gasteiger partial charge >= 0.3 is 0 Å². The van der Waals surface area contributed by atoms with Gasteiger partial charge in [0.2, 0.25) is 0 Å². The van der Waals surface area contributed by atoms with E-state index in [1.165, 1.54) is 18.3 Å². The molecule has 1 aromatic rings. The summed E-state index contributed by atoms with van der Waals surface area (Å²) in [4.78, 5) is 22.1. The Labute approximate surface area is 132 Å². The third kappa shape index (κ3) is 5.07. The van der Waals surface area contributed by atoms with Crippen LogP contribution in [0.1, 0.15) is 20.8 Å². The van der Waals surface area contributed by atoms with Crippen LogP contribution in [0.4, 0.5) is 11.4 Å². The number of nitrogens with zero attached hydrogens (tertiary/aromatic N) is 2. The highest BCUT2D eigenvalue weighted by Gasteiger charge is 2.16. The zero-order valence-electron chi connectivity index (χ0n) is 12.3. The number of nitrogens with one attached hydrogen (secondary N) is 2. The van der Waals surface area contributed by atoms with Crippen molar-refractivity contribution in [1.29, 1.82) is 5.26 Å². The van der Waals surface area contributed by atoms with Gasteiger partial charge in [-0.05, 0) is 26.8 Å². The monoisotopic (exact) mass is 322 g/mol. The van der Waals surface area contributed by atoms with E-state index in [9.17, 15) is 14.9 Å². The van der Waals surface area contributed by atoms with Crippen molar-refractivity contribution >= 4 is 28.9 Å². The largest absolute Gasteiger partial charge is 0.385 e. The second-order valence-corrected chi connectivity index (χ2v) is 5.85. The number of non-ortho nitro benzene ring substituents is 1. The Kier molecular flexibility index (Phi) is 5.49. The molecule has 0 heterocycles. The van der Waals surface area contributed by atoms with Crippen molar-refractivity contribution in [3.05, 3.63) is 45.1 Å². The van der Waals surface area contributed by atoms with Gasteiger partial charge in [-0.2, -0.15) is 5.26 Å². The van der Waals surface area contributed by atoms with Crippen molar-refractivity contribution < 1.29 is 9.72 Å². The van der Waals surface area contributed by atoms with Crippen LogP contribution in [0, 0.1) is 21.4 Å². The van der Waals surface area contributed by atoms with Gasteiger partial charge in [0.15, 0.2) is 0 Å². The van der Waals surface area contributed by atoms with E-state index in [0.29, 0.717) is 0 Å². The molecule has 22 heavy (non-hydrogen) atoms. The summed E-state index contributed by atoms with van der Waals surface area (Å²) in [6.45, 7) is 5.61. The minimum atomic E-state index is -0.707. The predicted molar refractivity (Wildman–Crippen MR) is 83.3 cm³/mol. The summed E-state index contributed by atoms with van der Waals surface area (Å²) in [5, 5.41) is 25.2. The molecule has 8 heteroatoms. The number of nitro benzene ring substituents is 1. The molecule has 1 rings (SSSR count). The Morgan fingerprint density at radius 2 is 2.09 bits per heavy atom. The molecule has 0 fully saturated rings. The maximum atomic E-state index is 12.0. The number of halogens is 1. The van der Waals surface area contributed by atoms with Gasteiger partial charge in [0.25, 0.3) is 11.6 Å². The molecule has 0 unspecified atom stereocenters. The van der Waals surface area contributed by atoms with Crippen LogP contribution in [0.2, 0.25) is 5.02 Å². The van der Waals surface area contributed by atoms with E-state index >= 15 is 0 Å². The van der Waals surface area contributed by atoms with Crippen molar-refractivity contribution in [3.63, 3.8) is 0 Å². The number of carbonyl (C=O) groups is 1. The minimum absolute atomic E-state index is 0.0674. The second kappa shape index (κ2) is 6.91. The lowest BCUT2D eigenvalue weighted by atomic mass is 10.1. The number of nitro groups is 1. The van der Waals surface area contributed by atoms with Crippen LogP contribution in [0.5, 0.6) is 0 Å². The van der Waals surface area contributed by atoms with Gasteiger partial charge in [-0.3, -0.25) is 14.9 Å². The lowest BCUT2D eigenvalue weighted by Crippen LogP contribution is -2.32. The molecule has 0 saturated heterocycles. The number of nitriles is 1. The lowest BCUT2D eigenvalue weighted by molar-refractivity contribution is -0.384. The fourth-order valence-corrected chi connectivity index (χ4v) is 1.51. The number of benzene rings is 1. The van der Waals surface area contributed by atoms with Gasteiger partial charge in [-0.25, -0.2) is 0 Å². The van der Waals surface area contributed by atoms with Crippen molar-refractivity contribution in [1.82, 2.24) is 5.32 Å². The molecule has 0 aromatic heterocycles. The Bertz CT molecular complexity index is 672. The van der Waals surface area contributed by atoms with Gasteiger partial charge < -0.3 is 10.6 Å². The summed E-state index contributed by atoms with van der Waals surface area (Å²) in [5.41, 5.74) is -0.628. The van der Waals surface area contributed by atoms with E-state index in [-0.39, 0.29) is 27.5 Å². The van der Waals surface area contributed by atoms with E-state index in [2.05, 4.69) is 10.6 Å². The van der Waals surface area contributed by atoms with E-state index < -0.39 is 10.8 Å². The summed E-state index contributed by atoms with van der Waals surface area (Å²) >= 11 is 5.89. The van der Waals surface area contributed by atoms with Gasteiger partial charge in [-0.15, -0.1) is 0 Å². The quantitative estimate of drug-likeness (QED) is 0.383. The highest BCUT2D eigenvalue weighted by Crippen LogP contribution is 2.26. The molecule has 1 amide bonds. The number of hydrogen-bond acceptors (Lipinski definition) is 5. The van der Waals surface area contributed by atoms with Gasteiger partial charge in [-0.1, -0.05) is 11.6 Å². The average molecular weight is 323 g/mol. The van der Waals surface area contributed by atoms with E-state index in [1.54, 1.807) is 6.07 Å². The van der Waals surface area contributed by atoms with E-state index in [1.807, 2.05) is 20.8 Å². The molecule has 0 bridgehead atoms. The molecule has 116 valence electrons. The normalized spacial score (nSPS) is 11.5. The minimum Gasteiger partial charge on any atom is -0.385 e. The highest BCUT2D eigenvalue weighted by atomic mass is 35.5. The van der Waals surface area contributed by atoms with Gasteiger partial charge in [0.05, 0.1) is 15.6 Å². The number of anilines is 1. The molecule has 0 spiro atoms. The molecular weight excluding hydrogens is 308 g/mol. The van der Waals surface area contributed by atoms with E-state index in [0.717, 1.165) is 6.07 Å². The van der Waals surface area contributed by atoms with Crippen LogP contribution in [0.25, 0.3) is 0 Å². The van der Waals surface area contributed by atoms with Crippen LogP contribution in [0.15, 0.2) is 30.0 Å². The molecular formula is C14H15ClN4O3.